The van der Waals surface area contributed by atoms with Crippen LogP contribution in [0.3, 0.4) is 0 Å². The summed E-state index contributed by atoms with van der Waals surface area (Å²) >= 11 is 0. The molecule has 0 radical (unpaired) electrons. The van der Waals surface area contributed by atoms with E-state index in [-0.39, 0.29) is 70.7 Å². The Bertz CT molecular complexity index is 1260. The van der Waals surface area contributed by atoms with E-state index in [0.29, 0.717) is 19.3 Å². The predicted molar refractivity (Wildman–Crippen MR) is 170 cm³/mol. The minimum Gasteiger partial charge on any atom is -0.393 e. The first-order chi connectivity index (χ1) is 20.7. The molecule has 44 heavy (non-hydrogen) atoms. The van der Waals surface area contributed by atoms with Gasteiger partial charge in [-0.25, -0.2) is 0 Å². The Labute approximate surface area is 264 Å². The maximum Gasteiger partial charge on any atom is 0.266 e. The van der Waals surface area contributed by atoms with Crippen LogP contribution >= 0.6 is 0 Å². The van der Waals surface area contributed by atoms with Crippen molar-refractivity contribution in [2.24, 2.45) is 52.3 Å². The number of carbonyl (C=O) groups excluding carboxylic acids is 1. The monoisotopic (exact) mass is 633 g/mol. The number of amides is 1. The maximum absolute atomic E-state index is 13.1. The lowest BCUT2D eigenvalue weighted by Gasteiger charge is -2.65. The molecule has 4 saturated carbocycles. The Balaban J connectivity index is 1.27. The summed E-state index contributed by atoms with van der Waals surface area (Å²) < 4.78 is 32.9. The van der Waals surface area contributed by atoms with Crippen molar-refractivity contribution in [2.75, 3.05) is 5.75 Å². The van der Waals surface area contributed by atoms with Gasteiger partial charge in [-0.2, -0.15) is 8.42 Å². The maximum atomic E-state index is 13.1. The van der Waals surface area contributed by atoms with Gasteiger partial charge in [-0.1, -0.05) is 64.4 Å². The van der Waals surface area contributed by atoms with Crippen LogP contribution in [0.1, 0.15) is 91.0 Å². The number of carbonyl (C=O) groups is 1. The van der Waals surface area contributed by atoms with Crippen LogP contribution in [0.4, 0.5) is 0 Å². The first-order valence-electron chi connectivity index (χ1n) is 17.0. The van der Waals surface area contributed by atoms with E-state index in [0.717, 1.165) is 44.1 Å². The van der Waals surface area contributed by atoms with Gasteiger partial charge in [0.1, 0.15) is 0 Å². The van der Waals surface area contributed by atoms with Gasteiger partial charge in [0.05, 0.1) is 24.1 Å². The minimum absolute atomic E-state index is 0.00619. The third-order valence-electron chi connectivity index (χ3n) is 13.2. The van der Waals surface area contributed by atoms with E-state index in [9.17, 15) is 33.1 Å². The van der Waals surface area contributed by atoms with E-state index < -0.39 is 34.1 Å². The van der Waals surface area contributed by atoms with Crippen molar-refractivity contribution >= 4 is 16.0 Å². The molecule has 5 rings (SSSR count). The highest BCUT2D eigenvalue weighted by Crippen LogP contribution is 2.69. The second-order valence-electron chi connectivity index (χ2n) is 15.4. The van der Waals surface area contributed by atoms with Gasteiger partial charge in [0.25, 0.3) is 10.1 Å². The van der Waals surface area contributed by atoms with Gasteiger partial charge in [0.2, 0.25) is 5.91 Å². The Morgan fingerprint density at radius 2 is 1.73 bits per heavy atom. The molecule has 0 aromatic heterocycles. The average molecular weight is 634 g/mol. The molecule has 8 nitrogen and oxygen atoms in total. The number of hydrogen-bond donors (Lipinski definition) is 5. The number of rotatable bonds is 10. The molecule has 13 unspecified atom stereocenters. The summed E-state index contributed by atoms with van der Waals surface area (Å²) in [7, 11) is -4.27. The molecule has 1 aromatic rings. The normalized spacial score (nSPS) is 41.6. The molecule has 0 saturated heterocycles. The van der Waals surface area contributed by atoms with Crippen LogP contribution in [-0.2, 0) is 21.3 Å². The largest absolute Gasteiger partial charge is 0.393 e. The molecule has 1 aromatic carbocycles. The van der Waals surface area contributed by atoms with Gasteiger partial charge in [0.15, 0.2) is 0 Å². The van der Waals surface area contributed by atoms with Gasteiger partial charge in [-0.15, -0.1) is 0 Å². The molecule has 4 fully saturated rings. The fourth-order valence-electron chi connectivity index (χ4n) is 11.1. The van der Waals surface area contributed by atoms with Gasteiger partial charge >= 0.3 is 0 Å². The lowest BCUT2D eigenvalue weighted by Crippen LogP contribution is -2.65. The topological polar surface area (TPSA) is 144 Å². The molecule has 4 aliphatic carbocycles. The first kappa shape index (κ1) is 33.8. The fraction of sp³-hybridized carbons (Fsp3) is 0.800. The Morgan fingerprint density at radius 3 is 2.39 bits per heavy atom. The standard InChI is InChI=1S/C35H55NO7S/c1-5-25-28-18-24(37)15-16-34(28,3)29-19-30(38)35(4)26(12-13-27(35)32(29)33(25)40)21(2)11-14-31(39)36-23(20-44(41,42)43)17-22-9-7-6-8-10-22/h6-10,21,23-30,32-33,37-38,40H,5,11-20H2,1-4H3,(H,36,39)(H,41,42,43). The van der Waals surface area contributed by atoms with E-state index >= 15 is 0 Å². The Kier molecular flexibility index (Phi) is 9.95. The molecule has 13 atom stereocenters. The summed E-state index contributed by atoms with van der Waals surface area (Å²) in [6, 6.07) is 8.58. The lowest BCUT2D eigenvalue weighted by atomic mass is 9.41. The molecular formula is C35H55NO7S. The smallest absolute Gasteiger partial charge is 0.266 e. The predicted octanol–water partition coefficient (Wildman–Crippen LogP) is 4.62. The quantitative estimate of drug-likeness (QED) is 0.237. The van der Waals surface area contributed by atoms with Crippen LogP contribution in [-0.4, -0.2) is 64.3 Å². The molecule has 5 N–H and O–H groups in total. The van der Waals surface area contributed by atoms with Crippen molar-refractivity contribution in [2.45, 2.75) is 116 Å². The van der Waals surface area contributed by atoms with Crippen LogP contribution in [0.2, 0.25) is 0 Å². The Hall–Kier alpha value is -1.52. The van der Waals surface area contributed by atoms with Crippen molar-refractivity contribution in [3.05, 3.63) is 35.9 Å². The van der Waals surface area contributed by atoms with Crippen molar-refractivity contribution in [1.82, 2.24) is 5.32 Å². The number of fused-ring (bicyclic) bond motifs is 5. The minimum atomic E-state index is -4.27. The van der Waals surface area contributed by atoms with Crippen LogP contribution < -0.4 is 5.32 Å². The van der Waals surface area contributed by atoms with Gasteiger partial charge in [-0.05, 0) is 109 Å². The molecule has 248 valence electrons. The van der Waals surface area contributed by atoms with Crippen LogP contribution in [0.15, 0.2) is 30.3 Å². The molecule has 4 aliphatic rings. The number of aliphatic hydroxyl groups excluding tert-OH is 3. The highest BCUT2D eigenvalue weighted by molar-refractivity contribution is 7.85. The molecular weight excluding hydrogens is 578 g/mol. The third-order valence-corrected chi connectivity index (χ3v) is 14.0. The van der Waals surface area contributed by atoms with E-state index in [1.54, 1.807) is 0 Å². The fourth-order valence-corrected chi connectivity index (χ4v) is 11.8. The summed E-state index contributed by atoms with van der Waals surface area (Å²) in [6.45, 7) is 8.92. The van der Waals surface area contributed by atoms with Crippen LogP contribution in [0.5, 0.6) is 0 Å². The summed E-state index contributed by atoms with van der Waals surface area (Å²) in [5, 5.41) is 37.3. The zero-order valence-electron chi connectivity index (χ0n) is 26.9. The highest BCUT2D eigenvalue weighted by atomic mass is 32.2. The van der Waals surface area contributed by atoms with E-state index in [1.807, 2.05) is 30.3 Å². The van der Waals surface area contributed by atoms with E-state index in [1.165, 1.54) is 0 Å². The number of nitrogens with one attached hydrogen (secondary N) is 1. The zero-order valence-corrected chi connectivity index (χ0v) is 27.8. The number of aliphatic hydroxyl groups is 3. The second kappa shape index (κ2) is 12.9. The molecule has 0 bridgehead atoms. The molecule has 9 heteroatoms. The van der Waals surface area contributed by atoms with Gasteiger partial charge in [-0.3, -0.25) is 9.35 Å². The Morgan fingerprint density at radius 1 is 1.02 bits per heavy atom. The molecule has 1 amide bonds. The van der Waals surface area contributed by atoms with E-state index in [2.05, 4.69) is 33.0 Å². The van der Waals surface area contributed by atoms with Crippen LogP contribution in [0, 0.1) is 52.3 Å². The zero-order chi connectivity index (χ0) is 32.0. The molecule has 0 aliphatic heterocycles. The lowest BCUT2D eigenvalue weighted by molar-refractivity contribution is -0.228. The van der Waals surface area contributed by atoms with Crippen molar-refractivity contribution < 1.29 is 33.1 Å². The summed E-state index contributed by atoms with van der Waals surface area (Å²) in [4.78, 5) is 13.1. The summed E-state index contributed by atoms with van der Waals surface area (Å²) in [6.07, 6.45) is 5.87. The average Bonchev–Trinajstić information content (AvgIpc) is 3.31. The molecule has 0 spiro atoms. The van der Waals surface area contributed by atoms with Gasteiger partial charge < -0.3 is 20.6 Å². The van der Waals surface area contributed by atoms with Crippen molar-refractivity contribution in [1.29, 1.82) is 0 Å². The van der Waals surface area contributed by atoms with Crippen LogP contribution in [0.25, 0.3) is 0 Å². The van der Waals surface area contributed by atoms with Crippen molar-refractivity contribution in [3.8, 4) is 0 Å². The third kappa shape index (κ3) is 6.38. The number of benzene rings is 1. The van der Waals surface area contributed by atoms with Crippen molar-refractivity contribution in [3.63, 3.8) is 0 Å². The summed E-state index contributed by atoms with van der Waals surface area (Å²) in [5.41, 5.74) is 0.532. The second-order valence-corrected chi connectivity index (χ2v) is 16.9. The summed E-state index contributed by atoms with van der Waals surface area (Å²) in [5.74, 6) is 0.577. The van der Waals surface area contributed by atoms with Gasteiger partial charge in [0, 0.05) is 12.5 Å². The molecule has 0 heterocycles. The highest BCUT2D eigenvalue weighted by Gasteiger charge is 2.67. The SMILES string of the molecule is CCC1C(O)C2C(CC(O)C3(C)C(C(C)CCC(=O)NC(Cc4ccccc4)CS(=O)(=O)O)CCC23)C2(C)CCC(O)CC12. The van der Waals surface area contributed by atoms with E-state index in [4.69, 9.17) is 0 Å². The number of hydrogen-bond acceptors (Lipinski definition) is 6. The first-order valence-corrected chi connectivity index (χ1v) is 18.6.